The van der Waals surface area contributed by atoms with E-state index in [1.807, 2.05) is 28.8 Å². The van der Waals surface area contributed by atoms with Crippen LogP contribution in [0.15, 0.2) is 42.6 Å². The third kappa shape index (κ3) is 5.24. The molecule has 10 heteroatoms. The molecule has 3 aromatic rings. The quantitative estimate of drug-likeness (QED) is 0.487. The fourth-order valence-electron chi connectivity index (χ4n) is 3.11. The van der Waals surface area contributed by atoms with E-state index >= 15 is 0 Å². The summed E-state index contributed by atoms with van der Waals surface area (Å²) in [6, 6.07) is 10.2. The van der Waals surface area contributed by atoms with Gasteiger partial charge < -0.3 is 28.8 Å². The van der Waals surface area contributed by atoms with E-state index in [2.05, 4.69) is 15.6 Å². The van der Waals surface area contributed by atoms with E-state index in [0.717, 1.165) is 17.0 Å². The lowest BCUT2D eigenvalue weighted by atomic mass is 10.1. The molecular formula is C22H25ClN4O5. The summed E-state index contributed by atoms with van der Waals surface area (Å²) in [7, 11) is 6.21. The van der Waals surface area contributed by atoms with Gasteiger partial charge >= 0.3 is 6.03 Å². The Hall–Kier alpha value is -3.43. The van der Waals surface area contributed by atoms with Crippen LogP contribution in [0.25, 0.3) is 11.3 Å². The van der Waals surface area contributed by atoms with Gasteiger partial charge in [0.25, 0.3) is 0 Å². The Morgan fingerprint density at radius 2 is 1.81 bits per heavy atom. The number of hydrogen-bond acceptors (Lipinski definition) is 6. The average molecular weight is 461 g/mol. The molecule has 0 aliphatic rings. The predicted molar refractivity (Wildman–Crippen MR) is 123 cm³/mol. The number of carbonyl (C=O) groups excluding carboxylic acids is 1. The minimum atomic E-state index is -0.508. The lowest BCUT2D eigenvalue weighted by Crippen LogP contribution is -2.23. The zero-order valence-corrected chi connectivity index (χ0v) is 19.0. The molecule has 2 amide bonds. The van der Waals surface area contributed by atoms with Gasteiger partial charge in [-0.15, -0.1) is 0 Å². The molecule has 0 bridgehead atoms. The van der Waals surface area contributed by atoms with E-state index in [9.17, 15) is 4.79 Å². The van der Waals surface area contributed by atoms with Crippen molar-refractivity contribution in [1.29, 1.82) is 0 Å². The van der Waals surface area contributed by atoms with Gasteiger partial charge in [0.1, 0.15) is 17.2 Å². The van der Waals surface area contributed by atoms with Gasteiger partial charge in [0.2, 0.25) is 5.95 Å². The number of nitrogens with zero attached hydrogens (tertiary/aromatic N) is 2. The molecule has 32 heavy (non-hydrogen) atoms. The molecule has 0 radical (unpaired) electrons. The molecule has 9 nitrogen and oxygen atoms in total. The van der Waals surface area contributed by atoms with Crippen LogP contribution in [0.5, 0.6) is 17.2 Å². The molecule has 1 aromatic heterocycles. The third-order valence-electron chi connectivity index (χ3n) is 4.69. The van der Waals surface area contributed by atoms with Crippen molar-refractivity contribution in [3.8, 4) is 28.5 Å². The van der Waals surface area contributed by atoms with Crippen molar-refractivity contribution in [1.82, 2.24) is 9.55 Å². The molecule has 0 spiro atoms. The fraction of sp³-hybridized carbons (Fsp3) is 0.273. The Balaban J connectivity index is 1.86. The zero-order chi connectivity index (χ0) is 23.1. The molecule has 2 N–H and O–H groups in total. The summed E-state index contributed by atoms with van der Waals surface area (Å²) in [5, 5.41) is 5.84. The zero-order valence-electron chi connectivity index (χ0n) is 18.3. The molecule has 0 unspecified atom stereocenters. The van der Waals surface area contributed by atoms with Crippen molar-refractivity contribution in [2.75, 3.05) is 45.7 Å². The molecule has 0 aliphatic heterocycles. The first-order valence-corrected chi connectivity index (χ1v) is 10.1. The van der Waals surface area contributed by atoms with Crippen LogP contribution in [0.4, 0.5) is 16.4 Å². The van der Waals surface area contributed by atoms with Crippen LogP contribution in [-0.2, 0) is 11.3 Å². The molecule has 170 valence electrons. The molecular weight excluding hydrogens is 436 g/mol. The molecule has 0 aliphatic carbocycles. The van der Waals surface area contributed by atoms with E-state index in [4.69, 9.17) is 30.5 Å². The Bertz CT molecular complexity index is 1090. The average Bonchev–Trinajstić information content (AvgIpc) is 3.19. The van der Waals surface area contributed by atoms with E-state index in [-0.39, 0.29) is 0 Å². The molecule has 3 rings (SSSR count). The normalized spacial score (nSPS) is 10.5. The number of ether oxygens (including phenoxy) is 4. The van der Waals surface area contributed by atoms with Gasteiger partial charge in [0.05, 0.1) is 50.5 Å². The number of benzene rings is 2. The Kier molecular flexibility index (Phi) is 7.80. The number of methoxy groups -OCH3 is 4. The molecule has 0 fully saturated rings. The number of amides is 2. The molecule has 0 atom stereocenters. The van der Waals surface area contributed by atoms with Gasteiger partial charge in [-0.25, -0.2) is 9.78 Å². The molecule has 1 heterocycles. The first-order chi connectivity index (χ1) is 15.5. The van der Waals surface area contributed by atoms with Crippen LogP contribution >= 0.6 is 11.6 Å². The highest BCUT2D eigenvalue weighted by atomic mass is 35.5. The summed E-state index contributed by atoms with van der Waals surface area (Å²) in [6.45, 7) is 0.919. The second-order valence-electron chi connectivity index (χ2n) is 6.61. The number of carbonyl (C=O) groups is 1. The topological polar surface area (TPSA) is 95.9 Å². The molecule has 0 saturated heterocycles. The summed E-state index contributed by atoms with van der Waals surface area (Å²) in [6.07, 6.45) is 1.69. The summed E-state index contributed by atoms with van der Waals surface area (Å²) in [5.74, 6) is 1.92. The van der Waals surface area contributed by atoms with E-state index < -0.39 is 6.03 Å². The maximum absolute atomic E-state index is 12.7. The van der Waals surface area contributed by atoms with Crippen molar-refractivity contribution in [2.24, 2.45) is 0 Å². The molecule has 0 saturated carbocycles. The Labute approximate surface area is 191 Å². The predicted octanol–water partition coefficient (Wildman–Crippen LogP) is 4.52. The highest BCUT2D eigenvalue weighted by Crippen LogP contribution is 2.36. The maximum Gasteiger partial charge on any atom is 0.326 e. The number of imidazole rings is 1. The number of aromatic nitrogens is 2. The number of urea groups is 1. The van der Waals surface area contributed by atoms with Crippen LogP contribution in [-0.4, -0.2) is 50.6 Å². The van der Waals surface area contributed by atoms with Crippen molar-refractivity contribution in [2.45, 2.75) is 6.54 Å². The lowest BCUT2D eigenvalue weighted by molar-refractivity contribution is 0.188. The SMILES string of the molecule is COCCn1c(-c2cccc(OC)c2)cnc1NC(=O)Nc1cc(Cl)c(OC)cc1OC. The van der Waals surface area contributed by atoms with Crippen LogP contribution in [0.3, 0.4) is 0 Å². The van der Waals surface area contributed by atoms with E-state index in [0.29, 0.717) is 41.3 Å². The first-order valence-electron chi connectivity index (χ1n) is 9.69. The number of hydrogen-bond donors (Lipinski definition) is 2. The van der Waals surface area contributed by atoms with Gasteiger partial charge in [0.15, 0.2) is 0 Å². The second kappa shape index (κ2) is 10.7. The maximum atomic E-state index is 12.7. The number of halogens is 1. The van der Waals surface area contributed by atoms with E-state index in [1.165, 1.54) is 14.2 Å². The summed E-state index contributed by atoms with van der Waals surface area (Å²) in [4.78, 5) is 17.1. The van der Waals surface area contributed by atoms with E-state index in [1.54, 1.807) is 32.5 Å². The van der Waals surface area contributed by atoms with Gasteiger partial charge in [-0.05, 0) is 18.2 Å². The number of nitrogens with one attached hydrogen (secondary N) is 2. The summed E-state index contributed by atoms with van der Waals surface area (Å²) >= 11 is 6.19. The van der Waals surface area contributed by atoms with Gasteiger partial charge in [0, 0.05) is 25.3 Å². The highest BCUT2D eigenvalue weighted by Gasteiger charge is 2.17. The second-order valence-corrected chi connectivity index (χ2v) is 7.02. The minimum absolute atomic E-state index is 0.338. The smallest absolute Gasteiger partial charge is 0.326 e. The highest BCUT2D eigenvalue weighted by molar-refractivity contribution is 6.32. The Morgan fingerprint density at radius 1 is 1.03 bits per heavy atom. The fourth-order valence-corrected chi connectivity index (χ4v) is 3.35. The minimum Gasteiger partial charge on any atom is -0.497 e. The largest absolute Gasteiger partial charge is 0.497 e. The summed E-state index contributed by atoms with van der Waals surface area (Å²) in [5.41, 5.74) is 2.09. The number of anilines is 2. The van der Waals surface area contributed by atoms with Gasteiger partial charge in [-0.2, -0.15) is 0 Å². The van der Waals surface area contributed by atoms with Crippen molar-refractivity contribution < 1.29 is 23.7 Å². The van der Waals surface area contributed by atoms with Crippen molar-refractivity contribution >= 4 is 29.3 Å². The first kappa shape index (κ1) is 23.2. The van der Waals surface area contributed by atoms with Crippen molar-refractivity contribution in [3.05, 3.63) is 47.6 Å². The standard InChI is InChI=1S/C22H25ClN4O5/c1-29-9-8-27-18(14-6-5-7-15(10-14)30-2)13-24-21(27)26-22(28)25-17-11-16(23)19(31-3)12-20(17)32-4/h5-7,10-13H,8-9H2,1-4H3,(H2,24,25,26,28). The van der Waals surface area contributed by atoms with Gasteiger partial charge in [-0.1, -0.05) is 23.7 Å². The van der Waals surface area contributed by atoms with Crippen molar-refractivity contribution in [3.63, 3.8) is 0 Å². The monoisotopic (exact) mass is 460 g/mol. The van der Waals surface area contributed by atoms with Crippen LogP contribution in [0.2, 0.25) is 5.02 Å². The third-order valence-corrected chi connectivity index (χ3v) is 4.98. The lowest BCUT2D eigenvalue weighted by Gasteiger charge is -2.15. The van der Waals surface area contributed by atoms with Gasteiger partial charge in [-0.3, -0.25) is 5.32 Å². The summed E-state index contributed by atoms with van der Waals surface area (Å²) < 4.78 is 22.9. The molecule has 2 aromatic carbocycles. The number of rotatable bonds is 9. The van der Waals surface area contributed by atoms with Crippen LogP contribution < -0.4 is 24.8 Å². The van der Waals surface area contributed by atoms with Crippen LogP contribution in [0.1, 0.15) is 0 Å². The Morgan fingerprint density at radius 3 is 2.50 bits per heavy atom. The van der Waals surface area contributed by atoms with Crippen LogP contribution in [0, 0.1) is 0 Å².